The van der Waals surface area contributed by atoms with Gasteiger partial charge in [-0.2, -0.15) is 0 Å². The van der Waals surface area contributed by atoms with Gasteiger partial charge in [0.1, 0.15) is 0 Å². The first-order valence-electron chi connectivity index (χ1n) is 3.30. The Hall–Kier alpha value is -0.110. The smallest absolute Gasteiger partial charge is 0.0802 e. The molecule has 0 aromatic carbocycles. The third-order valence-corrected chi connectivity index (χ3v) is 2.24. The second-order valence-electron chi connectivity index (χ2n) is 2.54. The Labute approximate surface area is 63.0 Å². The molecule has 0 saturated carbocycles. The monoisotopic (exact) mass is 145 g/mol. The van der Waals surface area contributed by atoms with Gasteiger partial charge in [0, 0.05) is 20.0 Å². The molecule has 9 heavy (non-hydrogen) atoms. The van der Waals surface area contributed by atoms with E-state index in [1.165, 1.54) is 0 Å². The summed E-state index contributed by atoms with van der Waals surface area (Å²) in [7, 11) is 3.99. The third kappa shape index (κ3) is 2.80. The lowest BCUT2D eigenvalue weighted by atomic mass is 10.1. The first-order chi connectivity index (χ1) is 4.09. The largest absolute Gasteiger partial charge is 0.372 e. The summed E-state index contributed by atoms with van der Waals surface area (Å²) in [6.45, 7) is 4.31. The molecule has 0 unspecified atom stereocenters. The van der Waals surface area contributed by atoms with Gasteiger partial charge in [0.15, 0.2) is 0 Å². The van der Waals surface area contributed by atoms with Crippen LogP contribution in [-0.4, -0.2) is 24.0 Å². The minimum atomic E-state index is 0.551. The Bertz CT molecular complexity index is 99.1. The summed E-state index contributed by atoms with van der Waals surface area (Å²) in [6, 6.07) is 0. The molecule has 0 aromatic heterocycles. The van der Waals surface area contributed by atoms with Gasteiger partial charge in [-0.25, -0.2) is 0 Å². The molecule has 0 aromatic rings. The van der Waals surface area contributed by atoms with Crippen molar-refractivity contribution in [2.75, 3.05) is 14.1 Å². The van der Waals surface area contributed by atoms with Crippen LogP contribution in [0.5, 0.6) is 0 Å². The van der Waals surface area contributed by atoms with Crippen molar-refractivity contribution in [3.63, 3.8) is 0 Å². The summed E-state index contributed by atoms with van der Waals surface area (Å²) in [5.41, 5.74) is 0. The van der Waals surface area contributed by atoms with Gasteiger partial charge >= 0.3 is 0 Å². The molecule has 54 valence electrons. The maximum absolute atomic E-state index is 5.13. The lowest BCUT2D eigenvalue weighted by Gasteiger charge is -2.18. The van der Waals surface area contributed by atoms with Crippen molar-refractivity contribution in [3.05, 3.63) is 0 Å². The van der Waals surface area contributed by atoms with Crippen LogP contribution in [0.25, 0.3) is 0 Å². The zero-order chi connectivity index (χ0) is 7.44. The molecule has 0 saturated heterocycles. The SMILES string of the molecule is CC[C@H](C)C(=S)N(C)C. The first-order valence-corrected chi connectivity index (χ1v) is 3.71. The van der Waals surface area contributed by atoms with Gasteiger partial charge in [-0.05, 0) is 6.42 Å². The van der Waals surface area contributed by atoms with Crippen LogP contribution in [0, 0.1) is 5.92 Å². The third-order valence-electron chi connectivity index (χ3n) is 1.47. The zero-order valence-corrected chi connectivity index (χ0v) is 7.46. The lowest BCUT2D eigenvalue weighted by Crippen LogP contribution is -2.25. The number of hydrogen-bond donors (Lipinski definition) is 0. The van der Waals surface area contributed by atoms with E-state index in [0.717, 1.165) is 11.4 Å². The summed E-state index contributed by atoms with van der Waals surface area (Å²) in [6.07, 6.45) is 1.14. The van der Waals surface area contributed by atoms with Crippen molar-refractivity contribution in [2.24, 2.45) is 5.92 Å². The number of thiocarbonyl (C=S) groups is 1. The van der Waals surface area contributed by atoms with Gasteiger partial charge < -0.3 is 4.90 Å². The summed E-state index contributed by atoms with van der Waals surface area (Å²) in [5.74, 6) is 0.551. The van der Waals surface area contributed by atoms with Crippen LogP contribution in [0.4, 0.5) is 0 Å². The lowest BCUT2D eigenvalue weighted by molar-refractivity contribution is 0.569. The van der Waals surface area contributed by atoms with Gasteiger partial charge in [-0.1, -0.05) is 26.1 Å². The van der Waals surface area contributed by atoms with Crippen LogP contribution in [0.3, 0.4) is 0 Å². The average Bonchev–Trinajstić information content (AvgIpc) is 1.84. The Balaban J connectivity index is 3.73. The fraction of sp³-hybridized carbons (Fsp3) is 0.857. The van der Waals surface area contributed by atoms with Crippen LogP contribution < -0.4 is 0 Å². The molecule has 0 bridgehead atoms. The molecule has 0 spiro atoms. The molecule has 2 heteroatoms. The quantitative estimate of drug-likeness (QED) is 0.546. The molecule has 0 N–H and O–H groups in total. The predicted octanol–water partition coefficient (Wildman–Crippen LogP) is 1.92. The van der Waals surface area contributed by atoms with E-state index in [4.69, 9.17) is 12.2 Å². The molecule has 0 aliphatic heterocycles. The van der Waals surface area contributed by atoms with E-state index in [2.05, 4.69) is 13.8 Å². The van der Waals surface area contributed by atoms with Crippen LogP contribution in [0.1, 0.15) is 20.3 Å². The van der Waals surface area contributed by atoms with Crippen LogP contribution in [0.15, 0.2) is 0 Å². The van der Waals surface area contributed by atoms with Gasteiger partial charge in [-0.15, -0.1) is 0 Å². The molecule has 0 aliphatic rings. The van der Waals surface area contributed by atoms with Gasteiger partial charge in [0.05, 0.1) is 4.99 Å². The molecule has 0 heterocycles. The van der Waals surface area contributed by atoms with Crippen molar-refractivity contribution in [1.82, 2.24) is 4.90 Å². The normalized spacial score (nSPS) is 12.9. The van der Waals surface area contributed by atoms with Gasteiger partial charge in [0.25, 0.3) is 0 Å². The maximum Gasteiger partial charge on any atom is 0.0802 e. The van der Waals surface area contributed by atoms with Crippen LogP contribution in [-0.2, 0) is 0 Å². The Kier molecular flexibility index (Phi) is 3.78. The molecule has 0 amide bonds. The molecular formula is C7H15NS. The maximum atomic E-state index is 5.13. The van der Waals surface area contributed by atoms with Crippen LogP contribution in [0.2, 0.25) is 0 Å². The first kappa shape index (κ1) is 8.89. The minimum Gasteiger partial charge on any atom is -0.372 e. The zero-order valence-electron chi connectivity index (χ0n) is 6.64. The highest BCUT2D eigenvalue weighted by molar-refractivity contribution is 7.80. The van der Waals surface area contributed by atoms with E-state index in [9.17, 15) is 0 Å². The van der Waals surface area contributed by atoms with E-state index in [1.807, 2.05) is 19.0 Å². The second-order valence-corrected chi connectivity index (χ2v) is 2.96. The van der Waals surface area contributed by atoms with E-state index in [-0.39, 0.29) is 0 Å². The average molecular weight is 145 g/mol. The molecule has 1 atom stereocenters. The number of rotatable bonds is 2. The van der Waals surface area contributed by atoms with E-state index >= 15 is 0 Å². The number of hydrogen-bond acceptors (Lipinski definition) is 1. The second kappa shape index (κ2) is 3.83. The summed E-state index contributed by atoms with van der Waals surface area (Å²) in [4.78, 5) is 3.06. The molecule has 0 rings (SSSR count). The van der Waals surface area contributed by atoms with Crippen molar-refractivity contribution in [1.29, 1.82) is 0 Å². The van der Waals surface area contributed by atoms with Gasteiger partial charge in [0.2, 0.25) is 0 Å². The highest BCUT2D eigenvalue weighted by atomic mass is 32.1. The van der Waals surface area contributed by atoms with Crippen molar-refractivity contribution < 1.29 is 0 Å². The Morgan fingerprint density at radius 2 is 2.00 bits per heavy atom. The van der Waals surface area contributed by atoms with Crippen molar-refractivity contribution in [2.45, 2.75) is 20.3 Å². The highest BCUT2D eigenvalue weighted by Crippen LogP contribution is 2.04. The Morgan fingerprint density at radius 3 is 2.11 bits per heavy atom. The standard InChI is InChI=1S/C7H15NS/c1-5-6(2)7(9)8(3)4/h6H,5H2,1-4H3/t6-/m0/s1. The molecule has 0 aliphatic carbocycles. The van der Waals surface area contributed by atoms with Crippen LogP contribution >= 0.6 is 12.2 Å². The Morgan fingerprint density at radius 1 is 1.56 bits per heavy atom. The molecule has 1 nitrogen and oxygen atoms in total. The summed E-state index contributed by atoms with van der Waals surface area (Å²) >= 11 is 5.13. The molecule has 0 fully saturated rings. The summed E-state index contributed by atoms with van der Waals surface area (Å²) in [5, 5.41) is 0. The van der Waals surface area contributed by atoms with Gasteiger partial charge in [-0.3, -0.25) is 0 Å². The fourth-order valence-electron chi connectivity index (χ4n) is 0.615. The van der Waals surface area contributed by atoms with E-state index in [1.54, 1.807) is 0 Å². The fourth-order valence-corrected chi connectivity index (χ4v) is 0.782. The van der Waals surface area contributed by atoms with Crippen molar-refractivity contribution in [3.8, 4) is 0 Å². The molecule has 0 radical (unpaired) electrons. The van der Waals surface area contributed by atoms with Crippen molar-refractivity contribution >= 4 is 17.2 Å². The van der Waals surface area contributed by atoms with E-state index < -0.39 is 0 Å². The highest BCUT2D eigenvalue weighted by Gasteiger charge is 2.06. The summed E-state index contributed by atoms with van der Waals surface area (Å²) < 4.78 is 0. The topological polar surface area (TPSA) is 3.24 Å². The minimum absolute atomic E-state index is 0.551. The number of nitrogens with zero attached hydrogens (tertiary/aromatic N) is 1. The van der Waals surface area contributed by atoms with E-state index in [0.29, 0.717) is 5.92 Å². The molecular weight excluding hydrogens is 130 g/mol. The predicted molar refractivity (Wildman–Crippen MR) is 45.7 cm³/mol.